The van der Waals surface area contributed by atoms with E-state index in [2.05, 4.69) is 0 Å². The maximum atomic E-state index is 10.9. The van der Waals surface area contributed by atoms with Gasteiger partial charge in [0.2, 0.25) is 0 Å². The molecule has 0 aromatic rings. The first-order chi connectivity index (χ1) is 4.21. The first-order valence-corrected chi connectivity index (χ1v) is 3.42. The maximum Gasteiger partial charge on any atom is 0.137 e. The lowest BCUT2D eigenvalue weighted by molar-refractivity contribution is -0.130. The lowest BCUT2D eigenvalue weighted by Crippen LogP contribution is -2.43. The normalized spacial score (nSPS) is 22.9. The van der Waals surface area contributed by atoms with Crippen molar-refractivity contribution in [3.63, 3.8) is 0 Å². The molecule has 1 aliphatic carbocycles. The number of rotatable bonds is 2. The molecule has 0 atom stereocenters. The molecule has 0 unspecified atom stereocenters. The molecule has 2 heteroatoms. The third-order valence-electron chi connectivity index (χ3n) is 2.45. The quantitative estimate of drug-likeness (QED) is 0.593. The van der Waals surface area contributed by atoms with E-state index in [-0.39, 0.29) is 11.2 Å². The Balaban J connectivity index is 2.57. The van der Waals surface area contributed by atoms with Crippen LogP contribution in [0, 0.1) is 5.41 Å². The fourth-order valence-corrected chi connectivity index (χ4v) is 1.30. The van der Waals surface area contributed by atoms with Crippen LogP contribution in [0.1, 0.15) is 26.2 Å². The van der Waals surface area contributed by atoms with Gasteiger partial charge in [-0.2, -0.15) is 0 Å². The van der Waals surface area contributed by atoms with E-state index in [0.717, 1.165) is 12.8 Å². The Morgan fingerprint density at radius 1 is 1.67 bits per heavy atom. The van der Waals surface area contributed by atoms with Crippen LogP contribution in [-0.2, 0) is 4.79 Å². The Morgan fingerprint density at radius 2 is 2.22 bits per heavy atom. The van der Waals surface area contributed by atoms with E-state index < -0.39 is 0 Å². The second-order valence-electron chi connectivity index (χ2n) is 2.89. The fraction of sp³-hybridized carbons (Fsp3) is 0.857. The zero-order valence-electron chi connectivity index (χ0n) is 5.81. The molecule has 0 heterocycles. The minimum Gasteiger partial charge on any atom is -0.329 e. The van der Waals surface area contributed by atoms with Crippen LogP contribution in [-0.4, -0.2) is 12.3 Å². The smallest absolute Gasteiger partial charge is 0.137 e. The molecule has 0 aliphatic heterocycles. The van der Waals surface area contributed by atoms with E-state index >= 15 is 0 Å². The summed E-state index contributed by atoms with van der Waals surface area (Å²) in [5, 5.41) is 0. The van der Waals surface area contributed by atoms with Crippen LogP contribution >= 0.6 is 0 Å². The first kappa shape index (κ1) is 6.75. The minimum absolute atomic E-state index is 0.0972. The Morgan fingerprint density at radius 3 is 2.22 bits per heavy atom. The van der Waals surface area contributed by atoms with Gasteiger partial charge in [0.1, 0.15) is 5.78 Å². The number of ketones is 1. The topological polar surface area (TPSA) is 43.1 Å². The highest BCUT2D eigenvalue weighted by molar-refractivity contribution is 5.83. The molecular weight excluding hydrogens is 114 g/mol. The van der Waals surface area contributed by atoms with Gasteiger partial charge in [-0.05, 0) is 19.8 Å². The van der Waals surface area contributed by atoms with Gasteiger partial charge in [0, 0.05) is 12.0 Å². The van der Waals surface area contributed by atoms with Gasteiger partial charge in [-0.25, -0.2) is 0 Å². The number of hydrogen-bond donors (Lipinski definition) is 1. The van der Waals surface area contributed by atoms with Crippen LogP contribution < -0.4 is 5.73 Å². The molecule has 52 valence electrons. The molecule has 0 saturated heterocycles. The van der Waals surface area contributed by atoms with Crippen molar-refractivity contribution >= 4 is 5.78 Å². The van der Waals surface area contributed by atoms with Gasteiger partial charge >= 0.3 is 0 Å². The van der Waals surface area contributed by atoms with Gasteiger partial charge in [-0.15, -0.1) is 0 Å². The summed E-state index contributed by atoms with van der Waals surface area (Å²) in [7, 11) is 0. The molecule has 2 N–H and O–H groups in total. The summed E-state index contributed by atoms with van der Waals surface area (Å²) in [6, 6.07) is 0. The molecule has 1 saturated carbocycles. The van der Waals surface area contributed by atoms with E-state index in [1.54, 1.807) is 6.92 Å². The SMILES string of the molecule is CC(=O)C1(CN)CCC1. The molecule has 1 rings (SSSR count). The van der Waals surface area contributed by atoms with Crippen molar-refractivity contribution in [2.75, 3.05) is 6.54 Å². The van der Waals surface area contributed by atoms with E-state index in [9.17, 15) is 4.79 Å². The molecule has 0 amide bonds. The van der Waals surface area contributed by atoms with Crippen molar-refractivity contribution in [1.29, 1.82) is 0 Å². The van der Waals surface area contributed by atoms with Gasteiger partial charge < -0.3 is 5.73 Å². The molecule has 1 fully saturated rings. The molecule has 0 bridgehead atoms. The van der Waals surface area contributed by atoms with Crippen LogP contribution in [0.15, 0.2) is 0 Å². The predicted molar refractivity (Wildman–Crippen MR) is 36.0 cm³/mol. The number of Topliss-reactive ketones (excluding diaryl/α,β-unsaturated/α-hetero) is 1. The summed E-state index contributed by atoms with van der Waals surface area (Å²) < 4.78 is 0. The van der Waals surface area contributed by atoms with Gasteiger partial charge in [0.15, 0.2) is 0 Å². The predicted octanol–water partition coefficient (Wildman–Crippen LogP) is 0.704. The molecule has 0 spiro atoms. The maximum absolute atomic E-state index is 10.9. The molecule has 0 radical (unpaired) electrons. The zero-order valence-corrected chi connectivity index (χ0v) is 5.81. The molecular formula is C7H13NO. The van der Waals surface area contributed by atoms with Crippen LogP contribution in [0.3, 0.4) is 0 Å². The number of hydrogen-bond acceptors (Lipinski definition) is 2. The van der Waals surface area contributed by atoms with Crippen LogP contribution in [0.2, 0.25) is 0 Å². The largest absolute Gasteiger partial charge is 0.329 e. The summed E-state index contributed by atoms with van der Waals surface area (Å²) in [5.41, 5.74) is 5.35. The van der Waals surface area contributed by atoms with E-state index in [1.807, 2.05) is 0 Å². The fourth-order valence-electron chi connectivity index (χ4n) is 1.30. The lowest BCUT2D eigenvalue weighted by atomic mass is 9.66. The number of nitrogens with two attached hydrogens (primary N) is 1. The van der Waals surface area contributed by atoms with Crippen molar-refractivity contribution in [1.82, 2.24) is 0 Å². The molecule has 1 aliphatic rings. The minimum atomic E-state index is -0.0972. The summed E-state index contributed by atoms with van der Waals surface area (Å²) >= 11 is 0. The van der Waals surface area contributed by atoms with Crippen LogP contribution in [0.4, 0.5) is 0 Å². The van der Waals surface area contributed by atoms with Gasteiger partial charge in [0.05, 0.1) is 0 Å². The van der Waals surface area contributed by atoms with Crippen molar-refractivity contribution in [3.05, 3.63) is 0 Å². The molecule has 9 heavy (non-hydrogen) atoms. The van der Waals surface area contributed by atoms with Gasteiger partial charge in [0.25, 0.3) is 0 Å². The monoisotopic (exact) mass is 127 g/mol. The number of carbonyl (C=O) groups excluding carboxylic acids is 1. The standard InChI is InChI=1S/C7H13NO/c1-6(9)7(5-8)3-2-4-7/h2-5,8H2,1H3. The second-order valence-corrected chi connectivity index (χ2v) is 2.89. The summed E-state index contributed by atoms with van der Waals surface area (Å²) in [5.74, 6) is 0.274. The van der Waals surface area contributed by atoms with E-state index in [4.69, 9.17) is 5.73 Å². The van der Waals surface area contributed by atoms with Crippen LogP contribution in [0.5, 0.6) is 0 Å². The zero-order chi connectivity index (χ0) is 6.91. The highest BCUT2D eigenvalue weighted by Crippen LogP contribution is 2.40. The van der Waals surface area contributed by atoms with E-state index in [0.29, 0.717) is 6.54 Å². The highest BCUT2D eigenvalue weighted by Gasteiger charge is 2.39. The third-order valence-corrected chi connectivity index (χ3v) is 2.45. The van der Waals surface area contributed by atoms with Crippen molar-refractivity contribution in [2.45, 2.75) is 26.2 Å². The van der Waals surface area contributed by atoms with Crippen molar-refractivity contribution < 1.29 is 4.79 Å². The molecule has 2 nitrogen and oxygen atoms in total. The van der Waals surface area contributed by atoms with Crippen LogP contribution in [0.25, 0.3) is 0 Å². The van der Waals surface area contributed by atoms with Crippen molar-refractivity contribution in [2.24, 2.45) is 11.1 Å². The van der Waals surface area contributed by atoms with Crippen molar-refractivity contribution in [3.8, 4) is 0 Å². The summed E-state index contributed by atoms with van der Waals surface area (Å²) in [6.07, 6.45) is 3.20. The summed E-state index contributed by atoms with van der Waals surface area (Å²) in [4.78, 5) is 10.9. The molecule has 0 aromatic carbocycles. The first-order valence-electron chi connectivity index (χ1n) is 3.42. The van der Waals surface area contributed by atoms with Gasteiger partial charge in [-0.3, -0.25) is 4.79 Å². The Bertz CT molecular complexity index is 121. The second kappa shape index (κ2) is 2.10. The average molecular weight is 127 g/mol. The lowest BCUT2D eigenvalue weighted by Gasteiger charge is -2.38. The Hall–Kier alpha value is -0.370. The third kappa shape index (κ3) is 0.874. The highest BCUT2D eigenvalue weighted by atomic mass is 16.1. The van der Waals surface area contributed by atoms with E-state index in [1.165, 1.54) is 6.42 Å². The van der Waals surface area contributed by atoms with Gasteiger partial charge in [-0.1, -0.05) is 6.42 Å². The Labute approximate surface area is 55.4 Å². The molecule has 0 aromatic heterocycles. The summed E-state index contributed by atoms with van der Waals surface area (Å²) in [6.45, 7) is 2.19. The number of carbonyl (C=O) groups is 1. The average Bonchev–Trinajstić information content (AvgIpc) is 1.62. The Kier molecular flexibility index (Phi) is 1.58.